The van der Waals surface area contributed by atoms with Crippen molar-refractivity contribution in [1.29, 1.82) is 0 Å². The van der Waals surface area contributed by atoms with Gasteiger partial charge in [0.25, 0.3) is 0 Å². The van der Waals surface area contributed by atoms with E-state index in [0.29, 0.717) is 16.1 Å². The number of nitrogens with one attached hydrogen (secondary N) is 2. The molecule has 1 unspecified atom stereocenters. The van der Waals surface area contributed by atoms with Crippen LogP contribution in [0, 0.1) is 6.92 Å². The summed E-state index contributed by atoms with van der Waals surface area (Å²) in [7, 11) is 1.89. The molecule has 4 nitrogen and oxygen atoms in total. The first kappa shape index (κ1) is 13.9. The van der Waals surface area contributed by atoms with E-state index in [1.807, 2.05) is 44.3 Å². The van der Waals surface area contributed by atoms with Gasteiger partial charge in [0.2, 0.25) is 0 Å². The Bertz CT molecular complexity index is 831. The molecule has 2 N–H and O–H groups in total. The van der Waals surface area contributed by atoms with Crippen molar-refractivity contribution >= 4 is 22.7 Å². The molecule has 2 aromatic carbocycles. The predicted octanol–water partition coefficient (Wildman–Crippen LogP) is 3.39. The van der Waals surface area contributed by atoms with Crippen LogP contribution in [0.5, 0.6) is 0 Å². The summed E-state index contributed by atoms with van der Waals surface area (Å²) in [5, 5.41) is 3.98. The van der Waals surface area contributed by atoms with Gasteiger partial charge in [-0.05, 0) is 54.9 Å². The molecule has 0 saturated carbocycles. The average Bonchev–Trinajstić information content (AvgIpc) is 2.78. The molecule has 108 valence electrons. The van der Waals surface area contributed by atoms with E-state index in [2.05, 4.69) is 16.4 Å². The normalized spacial score (nSPS) is 12.7. The lowest BCUT2D eigenvalue weighted by Crippen LogP contribution is -2.17. The molecule has 3 rings (SSSR count). The first-order valence-electron chi connectivity index (χ1n) is 6.64. The summed E-state index contributed by atoms with van der Waals surface area (Å²) >= 11 is 6.14. The molecule has 0 fully saturated rings. The van der Waals surface area contributed by atoms with Crippen LogP contribution in [0.3, 0.4) is 0 Å². The van der Waals surface area contributed by atoms with Crippen LogP contribution < -0.4 is 11.1 Å². The Balaban J connectivity index is 2.10. The lowest BCUT2D eigenvalue weighted by atomic mass is 9.97. The van der Waals surface area contributed by atoms with E-state index in [0.717, 1.165) is 16.7 Å². The molecule has 0 aliphatic rings. The van der Waals surface area contributed by atoms with Crippen LogP contribution in [0.1, 0.15) is 22.7 Å². The number of benzene rings is 2. The molecule has 3 aromatic rings. The van der Waals surface area contributed by atoms with Crippen LogP contribution in [0.4, 0.5) is 0 Å². The smallest absolute Gasteiger partial charge is 0.408 e. The van der Waals surface area contributed by atoms with Crippen LogP contribution in [-0.4, -0.2) is 12.0 Å². The van der Waals surface area contributed by atoms with Crippen LogP contribution in [-0.2, 0) is 0 Å². The van der Waals surface area contributed by atoms with Crippen molar-refractivity contribution < 1.29 is 4.42 Å². The topological polar surface area (TPSA) is 58.0 Å². The van der Waals surface area contributed by atoms with Gasteiger partial charge in [-0.25, -0.2) is 4.79 Å². The molecule has 1 aromatic heterocycles. The highest BCUT2D eigenvalue weighted by Crippen LogP contribution is 2.27. The van der Waals surface area contributed by atoms with Crippen molar-refractivity contribution in [2.45, 2.75) is 13.0 Å². The number of aromatic amines is 1. The third kappa shape index (κ3) is 2.73. The molecule has 5 heteroatoms. The van der Waals surface area contributed by atoms with Gasteiger partial charge in [-0.3, -0.25) is 4.98 Å². The zero-order valence-electron chi connectivity index (χ0n) is 11.7. The number of hydrogen-bond donors (Lipinski definition) is 2. The Morgan fingerprint density at radius 3 is 2.71 bits per heavy atom. The van der Waals surface area contributed by atoms with E-state index in [4.69, 9.17) is 16.0 Å². The van der Waals surface area contributed by atoms with E-state index in [1.54, 1.807) is 0 Å². The molecule has 0 bridgehead atoms. The highest BCUT2D eigenvalue weighted by atomic mass is 35.5. The largest absolute Gasteiger partial charge is 0.417 e. The maximum atomic E-state index is 11.2. The maximum absolute atomic E-state index is 11.2. The fourth-order valence-electron chi connectivity index (χ4n) is 2.60. The molecule has 0 aliphatic carbocycles. The lowest BCUT2D eigenvalue weighted by molar-refractivity contribution is 0.554. The number of aromatic nitrogens is 1. The van der Waals surface area contributed by atoms with Crippen molar-refractivity contribution in [2.24, 2.45) is 0 Å². The van der Waals surface area contributed by atoms with Crippen molar-refractivity contribution in [3.63, 3.8) is 0 Å². The third-order valence-corrected chi connectivity index (χ3v) is 3.68. The summed E-state index contributed by atoms with van der Waals surface area (Å²) in [5.41, 5.74) is 4.43. The minimum absolute atomic E-state index is 0.0213. The highest BCUT2D eigenvalue weighted by Gasteiger charge is 2.14. The Morgan fingerprint density at radius 1 is 1.19 bits per heavy atom. The molecule has 21 heavy (non-hydrogen) atoms. The fraction of sp³-hybridized carbons (Fsp3) is 0.188. The van der Waals surface area contributed by atoms with Crippen molar-refractivity contribution in [2.75, 3.05) is 7.05 Å². The maximum Gasteiger partial charge on any atom is 0.417 e. The molecule has 0 spiro atoms. The zero-order chi connectivity index (χ0) is 15.0. The second-order valence-corrected chi connectivity index (χ2v) is 5.49. The van der Waals surface area contributed by atoms with Crippen molar-refractivity contribution in [1.82, 2.24) is 10.3 Å². The number of halogens is 1. The SMILES string of the molecule is CNC(c1cc(C)cc(Cl)c1)c1ccc2[nH]c(=O)oc2c1. The van der Waals surface area contributed by atoms with Crippen molar-refractivity contribution in [3.8, 4) is 0 Å². The van der Waals surface area contributed by atoms with E-state index in [1.165, 1.54) is 0 Å². The van der Waals surface area contributed by atoms with Gasteiger partial charge in [-0.1, -0.05) is 23.7 Å². The minimum Gasteiger partial charge on any atom is -0.408 e. The zero-order valence-corrected chi connectivity index (χ0v) is 12.5. The molecular weight excluding hydrogens is 288 g/mol. The van der Waals surface area contributed by atoms with Crippen LogP contribution >= 0.6 is 11.6 Å². The third-order valence-electron chi connectivity index (χ3n) is 3.46. The standard InChI is InChI=1S/C16H15ClN2O2/c1-9-5-11(7-12(17)6-9)15(18-2)10-3-4-13-14(8-10)21-16(20)19-13/h3-8,15,18H,1-2H3,(H,19,20). The van der Waals surface area contributed by atoms with Gasteiger partial charge < -0.3 is 9.73 Å². The Morgan fingerprint density at radius 2 is 2.00 bits per heavy atom. The lowest BCUT2D eigenvalue weighted by Gasteiger charge is -2.18. The molecule has 0 saturated heterocycles. The van der Waals surface area contributed by atoms with Gasteiger partial charge >= 0.3 is 5.76 Å². The van der Waals surface area contributed by atoms with Gasteiger partial charge in [0.1, 0.15) is 0 Å². The Labute approximate surface area is 126 Å². The fourth-order valence-corrected chi connectivity index (χ4v) is 2.90. The quantitative estimate of drug-likeness (QED) is 0.779. The summed E-state index contributed by atoms with van der Waals surface area (Å²) in [5.74, 6) is -0.443. The van der Waals surface area contributed by atoms with Crippen LogP contribution in [0.2, 0.25) is 5.02 Å². The van der Waals surface area contributed by atoms with Crippen LogP contribution in [0.25, 0.3) is 11.1 Å². The molecule has 0 aliphatic heterocycles. The highest BCUT2D eigenvalue weighted by molar-refractivity contribution is 6.30. The van der Waals surface area contributed by atoms with E-state index >= 15 is 0 Å². The van der Waals surface area contributed by atoms with Gasteiger partial charge in [0.05, 0.1) is 11.6 Å². The van der Waals surface area contributed by atoms with E-state index in [9.17, 15) is 4.79 Å². The number of oxazole rings is 1. The predicted molar refractivity (Wildman–Crippen MR) is 83.9 cm³/mol. The number of rotatable bonds is 3. The first-order valence-corrected chi connectivity index (χ1v) is 7.02. The molecule has 0 radical (unpaired) electrons. The second-order valence-electron chi connectivity index (χ2n) is 5.05. The summed E-state index contributed by atoms with van der Waals surface area (Å²) in [6, 6.07) is 11.6. The second kappa shape index (κ2) is 5.39. The summed E-state index contributed by atoms with van der Waals surface area (Å²) < 4.78 is 5.12. The molecule has 1 atom stereocenters. The summed E-state index contributed by atoms with van der Waals surface area (Å²) in [6.45, 7) is 2.01. The van der Waals surface area contributed by atoms with Gasteiger partial charge in [-0.15, -0.1) is 0 Å². The van der Waals surface area contributed by atoms with E-state index in [-0.39, 0.29) is 6.04 Å². The van der Waals surface area contributed by atoms with E-state index < -0.39 is 5.76 Å². The van der Waals surface area contributed by atoms with Crippen molar-refractivity contribution in [3.05, 3.63) is 68.7 Å². The summed E-state index contributed by atoms with van der Waals surface area (Å²) in [4.78, 5) is 13.9. The van der Waals surface area contributed by atoms with Crippen LogP contribution in [0.15, 0.2) is 45.6 Å². The number of H-pyrrole nitrogens is 1. The minimum atomic E-state index is -0.443. The Kier molecular flexibility index (Phi) is 3.57. The average molecular weight is 303 g/mol. The Hall–Kier alpha value is -2.04. The van der Waals surface area contributed by atoms with Gasteiger partial charge in [0.15, 0.2) is 5.58 Å². The monoisotopic (exact) mass is 302 g/mol. The number of fused-ring (bicyclic) bond motifs is 1. The molecular formula is C16H15ClN2O2. The van der Waals surface area contributed by atoms with Gasteiger partial charge in [0, 0.05) is 5.02 Å². The van der Waals surface area contributed by atoms with Gasteiger partial charge in [-0.2, -0.15) is 0 Å². The number of hydrogen-bond acceptors (Lipinski definition) is 3. The first-order chi connectivity index (χ1) is 10.1. The molecule has 0 amide bonds. The number of aryl methyl sites for hydroxylation is 1. The molecule has 1 heterocycles. The summed E-state index contributed by atoms with van der Waals surface area (Å²) in [6.07, 6.45) is 0.